The Morgan fingerprint density at radius 2 is 1.90 bits per heavy atom. The molecule has 1 amide bonds. The summed E-state index contributed by atoms with van der Waals surface area (Å²) < 4.78 is 12.0. The molecule has 1 unspecified atom stereocenters. The summed E-state index contributed by atoms with van der Waals surface area (Å²) in [4.78, 5) is 37.3. The average Bonchev–Trinajstić information content (AvgIpc) is 3.48. The lowest BCUT2D eigenvalue weighted by Gasteiger charge is -2.21. The summed E-state index contributed by atoms with van der Waals surface area (Å²) in [6.07, 6.45) is 4.75. The van der Waals surface area contributed by atoms with Gasteiger partial charge >= 0.3 is 5.91 Å². The number of carbonyl (C=O) groups is 2. The minimum absolute atomic E-state index is 0.0386. The number of aryl methyl sites for hydroxylation is 1. The lowest BCUT2D eigenvalue weighted by atomic mass is 9.98. The van der Waals surface area contributed by atoms with E-state index >= 15 is 0 Å². The number of Topliss-reactive ketones (excluding diaryl/α,β-unsaturated/α-hetero) is 1. The van der Waals surface area contributed by atoms with Gasteiger partial charge in [-0.1, -0.05) is 37.2 Å². The third-order valence-electron chi connectivity index (χ3n) is 6.66. The number of pyridine rings is 1. The van der Waals surface area contributed by atoms with E-state index in [2.05, 4.69) is 16.9 Å². The fourth-order valence-electron chi connectivity index (χ4n) is 4.62. The molecule has 4 aromatic rings. The molecule has 1 aliphatic heterocycles. The number of methoxy groups -OCH3 is 1. The number of aliphatic hydroxyl groups excluding tert-OH is 1. The Morgan fingerprint density at radius 3 is 2.59 bits per heavy atom. The monoisotopic (exact) mass is 543 g/mol. The molecule has 2 aromatic heterocycles. The highest BCUT2D eigenvalue weighted by molar-refractivity contribution is 7.22. The molecule has 0 aliphatic carbocycles. The van der Waals surface area contributed by atoms with Crippen molar-refractivity contribution in [1.82, 2.24) is 9.97 Å². The van der Waals surface area contributed by atoms with Crippen LogP contribution < -0.4 is 14.4 Å². The summed E-state index contributed by atoms with van der Waals surface area (Å²) in [5.41, 5.74) is 2.40. The van der Waals surface area contributed by atoms with Gasteiger partial charge in [0.15, 0.2) is 5.13 Å². The topological polar surface area (TPSA) is 102 Å². The maximum atomic E-state index is 13.5. The summed E-state index contributed by atoms with van der Waals surface area (Å²) in [5.74, 6) is -0.465. The van der Waals surface area contributed by atoms with Gasteiger partial charge in [0.2, 0.25) is 0 Å². The minimum atomic E-state index is -0.945. The summed E-state index contributed by atoms with van der Waals surface area (Å²) in [7, 11) is 1.60. The van der Waals surface area contributed by atoms with Gasteiger partial charge in [-0.2, -0.15) is 0 Å². The number of carbonyl (C=O) groups excluding carboxylic acids is 2. The highest BCUT2D eigenvalue weighted by Crippen LogP contribution is 2.44. The molecule has 1 N–H and O–H groups in total. The van der Waals surface area contributed by atoms with E-state index in [0.29, 0.717) is 40.0 Å². The molecule has 200 valence electrons. The molecule has 0 saturated carbocycles. The lowest BCUT2D eigenvalue weighted by Crippen LogP contribution is -2.29. The van der Waals surface area contributed by atoms with Crippen LogP contribution in [0.4, 0.5) is 5.13 Å². The fourth-order valence-corrected chi connectivity index (χ4v) is 5.63. The number of thiazole rings is 1. The summed E-state index contributed by atoms with van der Waals surface area (Å²) in [5, 5.41) is 11.7. The van der Waals surface area contributed by atoms with E-state index in [1.165, 1.54) is 16.2 Å². The van der Waals surface area contributed by atoms with Crippen LogP contribution in [0.3, 0.4) is 0 Å². The summed E-state index contributed by atoms with van der Waals surface area (Å²) >= 11 is 1.27. The van der Waals surface area contributed by atoms with Crippen molar-refractivity contribution >= 4 is 44.1 Å². The van der Waals surface area contributed by atoms with Crippen molar-refractivity contribution in [2.24, 2.45) is 0 Å². The maximum Gasteiger partial charge on any atom is 0.301 e. The van der Waals surface area contributed by atoms with E-state index in [0.717, 1.165) is 29.5 Å². The molecule has 8 nitrogen and oxygen atoms in total. The second kappa shape index (κ2) is 11.2. The van der Waals surface area contributed by atoms with Crippen molar-refractivity contribution in [3.63, 3.8) is 0 Å². The third kappa shape index (κ3) is 5.09. The van der Waals surface area contributed by atoms with Gasteiger partial charge in [0.05, 0.1) is 35.2 Å². The van der Waals surface area contributed by atoms with Crippen LogP contribution in [0.5, 0.6) is 11.5 Å². The van der Waals surface area contributed by atoms with Gasteiger partial charge in [-0.15, -0.1) is 0 Å². The van der Waals surface area contributed by atoms with Crippen molar-refractivity contribution < 1.29 is 24.2 Å². The first-order chi connectivity index (χ1) is 18.9. The molecule has 0 radical (unpaired) electrons. The van der Waals surface area contributed by atoms with E-state index in [1.807, 2.05) is 19.1 Å². The number of hydrogen-bond acceptors (Lipinski definition) is 8. The molecule has 39 heavy (non-hydrogen) atoms. The van der Waals surface area contributed by atoms with E-state index < -0.39 is 17.7 Å². The molecule has 3 heterocycles. The fraction of sp³-hybridized carbons (Fsp3) is 0.267. The standard InChI is InChI=1S/C30H29N3O5S/c1-4-5-8-15-38-20-12-10-19(11-13-20)27(34)25-26(21-9-6-7-14-31-21)33(29(36)28(25)35)30-32-22-16-18(2)23(37-3)17-24(22)39-30/h6-7,9-14,16-17,26,34H,4-5,8,15H2,1-3H3/b27-25+. The lowest BCUT2D eigenvalue weighted by molar-refractivity contribution is -0.132. The number of anilines is 1. The van der Waals surface area contributed by atoms with Gasteiger partial charge in [0, 0.05) is 11.8 Å². The Hall–Kier alpha value is -4.24. The minimum Gasteiger partial charge on any atom is -0.507 e. The van der Waals surface area contributed by atoms with Crippen molar-refractivity contribution in [2.75, 3.05) is 18.6 Å². The van der Waals surface area contributed by atoms with E-state index in [4.69, 9.17) is 9.47 Å². The van der Waals surface area contributed by atoms with Crippen LogP contribution >= 0.6 is 11.3 Å². The molecule has 1 fully saturated rings. The predicted molar refractivity (Wildman–Crippen MR) is 151 cm³/mol. The Kier molecular flexibility index (Phi) is 7.60. The number of ketones is 1. The number of fused-ring (bicyclic) bond motifs is 1. The normalized spacial score (nSPS) is 16.7. The number of unbranched alkanes of at least 4 members (excludes halogenated alkanes) is 2. The molecule has 2 aromatic carbocycles. The first kappa shape index (κ1) is 26.4. The molecule has 5 rings (SSSR count). The molecule has 1 saturated heterocycles. The number of nitrogens with zero attached hydrogens (tertiary/aromatic N) is 3. The number of amides is 1. The zero-order valence-electron chi connectivity index (χ0n) is 22.0. The van der Waals surface area contributed by atoms with Crippen LogP contribution in [0.15, 0.2) is 66.4 Å². The van der Waals surface area contributed by atoms with Gasteiger partial charge in [-0.25, -0.2) is 4.98 Å². The molecule has 0 bridgehead atoms. The van der Waals surface area contributed by atoms with Crippen LogP contribution in [0.25, 0.3) is 16.0 Å². The molecule has 1 aliphatic rings. The maximum absolute atomic E-state index is 13.5. The summed E-state index contributed by atoms with van der Waals surface area (Å²) in [6.45, 7) is 4.66. The largest absolute Gasteiger partial charge is 0.507 e. The van der Waals surface area contributed by atoms with Crippen LogP contribution in [0.1, 0.15) is 49.0 Å². The molecular formula is C30H29N3O5S. The Balaban J connectivity index is 1.56. The second-order valence-electron chi connectivity index (χ2n) is 9.29. The third-order valence-corrected chi connectivity index (χ3v) is 7.67. The van der Waals surface area contributed by atoms with Gasteiger partial charge in [0.1, 0.15) is 23.3 Å². The van der Waals surface area contributed by atoms with Gasteiger partial charge in [0.25, 0.3) is 5.78 Å². The zero-order valence-corrected chi connectivity index (χ0v) is 22.8. The summed E-state index contributed by atoms with van der Waals surface area (Å²) in [6, 6.07) is 14.9. The average molecular weight is 544 g/mol. The molecular weight excluding hydrogens is 514 g/mol. The Morgan fingerprint density at radius 1 is 1.10 bits per heavy atom. The quantitative estimate of drug-likeness (QED) is 0.116. The van der Waals surface area contributed by atoms with E-state index in [9.17, 15) is 14.7 Å². The van der Waals surface area contributed by atoms with Crippen LogP contribution in [-0.2, 0) is 9.59 Å². The molecule has 1 atom stereocenters. The second-order valence-corrected chi connectivity index (χ2v) is 10.3. The van der Waals surface area contributed by atoms with Gasteiger partial charge in [-0.3, -0.25) is 19.5 Å². The Labute approximate surface area is 230 Å². The number of hydrogen-bond donors (Lipinski definition) is 1. The zero-order chi connectivity index (χ0) is 27.5. The molecule has 9 heteroatoms. The number of rotatable bonds is 9. The van der Waals surface area contributed by atoms with E-state index in [-0.39, 0.29) is 11.3 Å². The van der Waals surface area contributed by atoms with Crippen LogP contribution in [-0.4, -0.2) is 40.5 Å². The smallest absolute Gasteiger partial charge is 0.301 e. The van der Waals surface area contributed by atoms with Gasteiger partial charge < -0.3 is 14.6 Å². The Bertz CT molecular complexity index is 1550. The number of benzene rings is 2. The highest BCUT2D eigenvalue weighted by atomic mass is 32.1. The first-order valence-corrected chi connectivity index (χ1v) is 13.6. The first-order valence-electron chi connectivity index (χ1n) is 12.8. The van der Waals surface area contributed by atoms with Crippen LogP contribution in [0.2, 0.25) is 0 Å². The number of aliphatic hydroxyl groups is 1. The number of aromatic nitrogens is 2. The SMILES string of the molecule is CCCCCOc1ccc(/C(O)=C2\C(=O)C(=O)N(c3nc4cc(C)c(OC)cc4s3)C2c2ccccn2)cc1. The van der Waals surface area contributed by atoms with Crippen molar-refractivity contribution in [2.45, 2.75) is 39.2 Å². The van der Waals surface area contributed by atoms with Crippen molar-refractivity contribution in [3.05, 3.63) is 83.2 Å². The van der Waals surface area contributed by atoms with E-state index in [1.54, 1.807) is 55.8 Å². The highest BCUT2D eigenvalue weighted by Gasteiger charge is 2.48. The molecule has 0 spiro atoms. The van der Waals surface area contributed by atoms with Crippen molar-refractivity contribution in [1.29, 1.82) is 0 Å². The van der Waals surface area contributed by atoms with Crippen molar-refractivity contribution in [3.8, 4) is 11.5 Å². The van der Waals surface area contributed by atoms with Crippen LogP contribution in [0, 0.1) is 6.92 Å². The number of ether oxygens (including phenoxy) is 2. The van der Waals surface area contributed by atoms with Gasteiger partial charge in [-0.05, 0) is 67.4 Å². The predicted octanol–water partition coefficient (Wildman–Crippen LogP) is 6.20.